The maximum atomic E-state index is 10.5. The number of phosphoric ester groups is 1. The molecule has 70 valence electrons. The molecule has 0 amide bonds. The first-order chi connectivity index (χ1) is 5.12. The second-order valence-corrected chi connectivity index (χ2v) is 2.76. The highest BCUT2D eigenvalue weighted by Crippen LogP contribution is 2.42. The molecule has 1 N–H and O–H groups in total. The molecule has 0 saturated carbocycles. The monoisotopic (exact) mass is 184 g/mol. The standard InChI is InChI=1S/C4H11O4P.C2H6/c1-3-7-9(5,6)8-4-2;1-2/h3-4H2,1-2H3,(H,5,6);1-2H3. The Labute approximate surface area is 68.1 Å². The van der Waals surface area contributed by atoms with E-state index in [0.29, 0.717) is 0 Å². The Morgan fingerprint density at radius 1 is 1.18 bits per heavy atom. The molecule has 4 nitrogen and oxygen atoms in total. The lowest BCUT2D eigenvalue weighted by Gasteiger charge is -2.07. The maximum Gasteiger partial charge on any atom is 0.472 e. The smallest absolute Gasteiger partial charge is 0.302 e. The van der Waals surface area contributed by atoms with E-state index in [-0.39, 0.29) is 13.2 Å². The van der Waals surface area contributed by atoms with Crippen molar-refractivity contribution in [3.63, 3.8) is 0 Å². The molecular formula is C6H17O4P. The first-order valence-corrected chi connectivity index (χ1v) is 5.23. The van der Waals surface area contributed by atoms with Gasteiger partial charge in [-0.2, -0.15) is 0 Å². The lowest BCUT2D eigenvalue weighted by atomic mass is 10.9. The van der Waals surface area contributed by atoms with Gasteiger partial charge in [0.05, 0.1) is 13.2 Å². The summed E-state index contributed by atoms with van der Waals surface area (Å²) in [4.78, 5) is 8.63. The van der Waals surface area contributed by atoms with Gasteiger partial charge < -0.3 is 4.89 Å². The molecule has 0 unspecified atom stereocenters. The van der Waals surface area contributed by atoms with Gasteiger partial charge in [0.15, 0.2) is 0 Å². The van der Waals surface area contributed by atoms with Crippen LogP contribution in [-0.2, 0) is 13.6 Å². The molecule has 0 aliphatic carbocycles. The molecule has 0 fully saturated rings. The molecule has 5 heteroatoms. The molecule has 0 aliphatic heterocycles. The van der Waals surface area contributed by atoms with Gasteiger partial charge in [-0.1, -0.05) is 13.8 Å². The van der Waals surface area contributed by atoms with Crippen molar-refractivity contribution in [2.75, 3.05) is 13.2 Å². The van der Waals surface area contributed by atoms with Crippen molar-refractivity contribution in [3.05, 3.63) is 0 Å². The van der Waals surface area contributed by atoms with Gasteiger partial charge in [0.25, 0.3) is 0 Å². The molecule has 0 aromatic heterocycles. The van der Waals surface area contributed by atoms with E-state index in [4.69, 9.17) is 4.89 Å². The fourth-order valence-corrected chi connectivity index (χ4v) is 1.09. The van der Waals surface area contributed by atoms with Crippen LogP contribution in [0.1, 0.15) is 27.7 Å². The molecule has 0 aromatic rings. The Hall–Kier alpha value is 0.110. The second-order valence-electron chi connectivity index (χ2n) is 1.30. The van der Waals surface area contributed by atoms with E-state index in [9.17, 15) is 4.57 Å². The van der Waals surface area contributed by atoms with Crippen LogP contribution in [0, 0.1) is 0 Å². The van der Waals surface area contributed by atoms with Crippen LogP contribution in [-0.4, -0.2) is 18.1 Å². The minimum atomic E-state index is -3.69. The maximum absolute atomic E-state index is 10.5. The van der Waals surface area contributed by atoms with Crippen LogP contribution in [0.5, 0.6) is 0 Å². The Morgan fingerprint density at radius 2 is 1.45 bits per heavy atom. The molecule has 0 aliphatic rings. The average molecular weight is 184 g/mol. The third-order valence-corrected chi connectivity index (χ3v) is 1.75. The summed E-state index contributed by atoms with van der Waals surface area (Å²) in [6, 6.07) is 0. The van der Waals surface area contributed by atoms with Crippen LogP contribution >= 0.6 is 7.82 Å². The minimum absolute atomic E-state index is 0.188. The number of hydrogen-bond donors (Lipinski definition) is 1. The Bertz CT molecular complexity index is 105. The summed E-state index contributed by atoms with van der Waals surface area (Å²) < 4.78 is 19.2. The molecule has 0 bridgehead atoms. The van der Waals surface area contributed by atoms with Crippen molar-refractivity contribution in [2.45, 2.75) is 27.7 Å². The molecule has 0 atom stereocenters. The van der Waals surface area contributed by atoms with Gasteiger partial charge >= 0.3 is 7.82 Å². The topological polar surface area (TPSA) is 55.8 Å². The zero-order valence-electron chi connectivity index (χ0n) is 7.53. The molecule has 0 saturated heterocycles. The molecule has 0 spiro atoms. The van der Waals surface area contributed by atoms with E-state index < -0.39 is 7.82 Å². The fraction of sp³-hybridized carbons (Fsp3) is 1.00. The zero-order valence-corrected chi connectivity index (χ0v) is 8.43. The first-order valence-electron chi connectivity index (χ1n) is 3.74. The van der Waals surface area contributed by atoms with E-state index in [1.165, 1.54) is 0 Å². The lowest BCUT2D eigenvalue weighted by molar-refractivity contribution is 0.161. The van der Waals surface area contributed by atoms with Crippen LogP contribution in [0.4, 0.5) is 0 Å². The van der Waals surface area contributed by atoms with Crippen molar-refractivity contribution in [1.29, 1.82) is 0 Å². The largest absolute Gasteiger partial charge is 0.472 e. The van der Waals surface area contributed by atoms with Crippen molar-refractivity contribution < 1.29 is 18.5 Å². The van der Waals surface area contributed by atoms with Gasteiger partial charge in [-0.3, -0.25) is 9.05 Å². The molecule has 0 rings (SSSR count). The second kappa shape index (κ2) is 8.21. The van der Waals surface area contributed by atoms with Crippen molar-refractivity contribution >= 4 is 7.82 Å². The van der Waals surface area contributed by atoms with E-state index in [1.807, 2.05) is 13.8 Å². The number of rotatable bonds is 4. The predicted octanol–water partition coefficient (Wildman–Crippen LogP) is 2.19. The summed E-state index contributed by atoms with van der Waals surface area (Å²) >= 11 is 0. The quantitative estimate of drug-likeness (QED) is 0.680. The van der Waals surface area contributed by atoms with E-state index in [1.54, 1.807) is 13.8 Å². The minimum Gasteiger partial charge on any atom is -0.302 e. The highest BCUT2D eigenvalue weighted by atomic mass is 31.2. The fourth-order valence-electron chi connectivity index (χ4n) is 0.364. The highest BCUT2D eigenvalue weighted by Gasteiger charge is 2.17. The van der Waals surface area contributed by atoms with Crippen LogP contribution in [0.3, 0.4) is 0 Å². The lowest BCUT2D eigenvalue weighted by Crippen LogP contribution is -1.93. The molecule has 0 radical (unpaired) electrons. The molecule has 0 aromatic carbocycles. The van der Waals surface area contributed by atoms with Gasteiger partial charge in [-0.25, -0.2) is 4.57 Å². The van der Waals surface area contributed by atoms with E-state index in [2.05, 4.69) is 9.05 Å². The summed E-state index contributed by atoms with van der Waals surface area (Å²) in [5.41, 5.74) is 0. The van der Waals surface area contributed by atoms with Crippen molar-refractivity contribution in [3.8, 4) is 0 Å². The first kappa shape index (κ1) is 13.7. The SMILES string of the molecule is CC.CCOP(=O)(O)OCC. The number of phosphoric acid groups is 1. The van der Waals surface area contributed by atoms with Gasteiger partial charge in [0.2, 0.25) is 0 Å². The van der Waals surface area contributed by atoms with Gasteiger partial charge in [0.1, 0.15) is 0 Å². The van der Waals surface area contributed by atoms with Gasteiger partial charge in [-0.15, -0.1) is 0 Å². The van der Waals surface area contributed by atoms with Gasteiger partial charge in [-0.05, 0) is 13.8 Å². The Balaban J connectivity index is 0. The van der Waals surface area contributed by atoms with Crippen LogP contribution in [0.2, 0.25) is 0 Å². The van der Waals surface area contributed by atoms with Crippen molar-refractivity contribution in [2.24, 2.45) is 0 Å². The molecule has 0 heterocycles. The third kappa shape index (κ3) is 10.1. The summed E-state index contributed by atoms with van der Waals surface area (Å²) in [5, 5.41) is 0. The normalized spacial score (nSPS) is 10.3. The average Bonchev–Trinajstić information content (AvgIpc) is 1.91. The van der Waals surface area contributed by atoms with Crippen LogP contribution in [0.15, 0.2) is 0 Å². The number of hydrogen-bond acceptors (Lipinski definition) is 3. The molecule has 11 heavy (non-hydrogen) atoms. The third-order valence-electron chi connectivity index (χ3n) is 0.584. The van der Waals surface area contributed by atoms with Crippen LogP contribution in [0.25, 0.3) is 0 Å². The Morgan fingerprint density at radius 3 is 1.64 bits per heavy atom. The van der Waals surface area contributed by atoms with E-state index in [0.717, 1.165) is 0 Å². The Kier molecular flexibility index (Phi) is 10.2. The zero-order chi connectivity index (χ0) is 9.33. The van der Waals surface area contributed by atoms with Crippen molar-refractivity contribution in [1.82, 2.24) is 0 Å². The summed E-state index contributed by atoms with van der Waals surface area (Å²) in [5.74, 6) is 0. The van der Waals surface area contributed by atoms with Gasteiger partial charge in [0, 0.05) is 0 Å². The highest BCUT2D eigenvalue weighted by molar-refractivity contribution is 7.47. The predicted molar refractivity (Wildman–Crippen MR) is 44.4 cm³/mol. The molecular weight excluding hydrogens is 167 g/mol. The summed E-state index contributed by atoms with van der Waals surface area (Å²) in [6.45, 7) is 7.63. The summed E-state index contributed by atoms with van der Waals surface area (Å²) in [7, 11) is -3.69. The summed E-state index contributed by atoms with van der Waals surface area (Å²) in [6.07, 6.45) is 0. The van der Waals surface area contributed by atoms with Crippen LogP contribution < -0.4 is 0 Å². The van der Waals surface area contributed by atoms with E-state index >= 15 is 0 Å².